The largest absolute Gasteiger partial charge is 0.353 e. The van der Waals surface area contributed by atoms with Crippen molar-refractivity contribution in [3.8, 4) is 0 Å². The molecule has 3 nitrogen and oxygen atoms in total. The van der Waals surface area contributed by atoms with E-state index < -0.39 is 0 Å². The van der Waals surface area contributed by atoms with E-state index in [1.165, 1.54) is 11.1 Å². The number of hydrogen-bond donors (Lipinski definition) is 2. The maximum absolute atomic E-state index is 12.1. The molecule has 3 rings (SSSR count). The van der Waals surface area contributed by atoms with Crippen molar-refractivity contribution in [3.05, 3.63) is 35.4 Å². The van der Waals surface area contributed by atoms with Gasteiger partial charge in [0, 0.05) is 18.5 Å². The molecule has 1 fully saturated rings. The predicted molar refractivity (Wildman–Crippen MR) is 75.7 cm³/mol. The van der Waals surface area contributed by atoms with Gasteiger partial charge in [-0.25, -0.2) is 0 Å². The highest BCUT2D eigenvalue weighted by Gasteiger charge is 2.26. The van der Waals surface area contributed by atoms with Crippen molar-refractivity contribution < 1.29 is 4.79 Å². The molecule has 3 N–H and O–H groups in total. The van der Waals surface area contributed by atoms with E-state index in [1.54, 1.807) is 0 Å². The third-order valence-electron chi connectivity index (χ3n) is 4.45. The highest BCUT2D eigenvalue weighted by atomic mass is 16.1. The first-order valence-corrected chi connectivity index (χ1v) is 7.32. The van der Waals surface area contributed by atoms with Crippen LogP contribution in [0.3, 0.4) is 0 Å². The monoisotopic (exact) mass is 258 g/mol. The Morgan fingerprint density at radius 1 is 1.21 bits per heavy atom. The second-order valence-corrected chi connectivity index (χ2v) is 6.08. The van der Waals surface area contributed by atoms with Crippen LogP contribution in [0.25, 0.3) is 0 Å². The van der Waals surface area contributed by atoms with Crippen LogP contribution in [-0.4, -0.2) is 18.0 Å². The fraction of sp³-hybridized carbons (Fsp3) is 0.562. The van der Waals surface area contributed by atoms with Gasteiger partial charge < -0.3 is 11.1 Å². The van der Waals surface area contributed by atoms with Crippen molar-refractivity contribution in [2.75, 3.05) is 0 Å². The summed E-state index contributed by atoms with van der Waals surface area (Å²) in [6, 6.07) is 9.13. The first-order chi connectivity index (χ1) is 9.20. The summed E-state index contributed by atoms with van der Waals surface area (Å²) in [7, 11) is 0. The molecule has 0 bridgehead atoms. The van der Waals surface area contributed by atoms with Crippen molar-refractivity contribution in [2.45, 2.75) is 50.6 Å². The Labute approximate surface area is 114 Å². The van der Waals surface area contributed by atoms with Crippen LogP contribution in [0.5, 0.6) is 0 Å². The summed E-state index contributed by atoms with van der Waals surface area (Å²) >= 11 is 0. The molecule has 1 aromatic carbocycles. The quantitative estimate of drug-likeness (QED) is 0.868. The second-order valence-electron chi connectivity index (χ2n) is 6.08. The Bertz CT molecular complexity index is 447. The first kappa shape index (κ1) is 12.7. The van der Waals surface area contributed by atoms with Crippen LogP contribution in [0, 0.1) is 5.92 Å². The molecule has 1 aromatic rings. The normalized spacial score (nSPS) is 26.4. The van der Waals surface area contributed by atoms with Crippen LogP contribution < -0.4 is 11.1 Å². The SMILES string of the molecule is N[C@H]1CC[C@@H](NC(=O)CC2Cc3ccccc3C2)C1. The number of nitrogens with one attached hydrogen (secondary N) is 1. The zero-order valence-corrected chi connectivity index (χ0v) is 11.3. The zero-order chi connectivity index (χ0) is 13.2. The van der Waals surface area contributed by atoms with Gasteiger partial charge in [-0.1, -0.05) is 24.3 Å². The smallest absolute Gasteiger partial charge is 0.220 e. The number of carbonyl (C=O) groups excluding carboxylic acids is 1. The predicted octanol–water partition coefficient (Wildman–Crippen LogP) is 1.79. The lowest BCUT2D eigenvalue weighted by Crippen LogP contribution is -2.35. The van der Waals surface area contributed by atoms with Crippen molar-refractivity contribution in [1.29, 1.82) is 0 Å². The summed E-state index contributed by atoms with van der Waals surface area (Å²) in [4.78, 5) is 12.1. The molecule has 2 aliphatic carbocycles. The minimum absolute atomic E-state index is 0.205. The summed E-state index contributed by atoms with van der Waals surface area (Å²) in [5, 5.41) is 3.14. The van der Waals surface area contributed by atoms with E-state index in [-0.39, 0.29) is 11.9 Å². The molecular weight excluding hydrogens is 236 g/mol. The minimum Gasteiger partial charge on any atom is -0.353 e. The van der Waals surface area contributed by atoms with Crippen LogP contribution in [0.1, 0.15) is 36.8 Å². The molecule has 1 amide bonds. The molecule has 2 atom stereocenters. The Morgan fingerprint density at radius 3 is 2.47 bits per heavy atom. The fourth-order valence-corrected chi connectivity index (χ4v) is 3.49. The number of rotatable bonds is 3. The van der Waals surface area contributed by atoms with Gasteiger partial charge in [0.1, 0.15) is 0 Å². The summed E-state index contributed by atoms with van der Waals surface area (Å²) in [5.74, 6) is 0.685. The van der Waals surface area contributed by atoms with Gasteiger partial charge >= 0.3 is 0 Å². The molecule has 0 heterocycles. The molecule has 0 unspecified atom stereocenters. The zero-order valence-electron chi connectivity index (χ0n) is 11.3. The maximum Gasteiger partial charge on any atom is 0.220 e. The van der Waals surface area contributed by atoms with Crippen LogP contribution in [0.15, 0.2) is 24.3 Å². The molecule has 0 saturated heterocycles. The number of nitrogens with two attached hydrogens (primary N) is 1. The number of fused-ring (bicyclic) bond motifs is 1. The van der Waals surface area contributed by atoms with Crippen molar-refractivity contribution in [3.63, 3.8) is 0 Å². The Morgan fingerprint density at radius 2 is 1.89 bits per heavy atom. The van der Waals surface area contributed by atoms with Crippen LogP contribution >= 0.6 is 0 Å². The van der Waals surface area contributed by atoms with Gasteiger partial charge in [0.15, 0.2) is 0 Å². The Kier molecular flexibility index (Phi) is 3.56. The molecule has 0 spiro atoms. The molecule has 3 heteroatoms. The summed E-state index contributed by atoms with van der Waals surface area (Å²) < 4.78 is 0. The lowest BCUT2D eigenvalue weighted by molar-refractivity contribution is -0.122. The average molecular weight is 258 g/mol. The molecule has 0 radical (unpaired) electrons. The fourth-order valence-electron chi connectivity index (χ4n) is 3.49. The van der Waals surface area contributed by atoms with Gasteiger partial charge in [-0.3, -0.25) is 4.79 Å². The van der Waals surface area contributed by atoms with Gasteiger partial charge in [-0.05, 0) is 49.1 Å². The van der Waals surface area contributed by atoms with Gasteiger partial charge in [-0.15, -0.1) is 0 Å². The summed E-state index contributed by atoms with van der Waals surface area (Å²) in [6.45, 7) is 0. The number of benzene rings is 1. The highest BCUT2D eigenvalue weighted by molar-refractivity contribution is 5.76. The third-order valence-corrected chi connectivity index (χ3v) is 4.45. The summed E-state index contributed by atoms with van der Waals surface area (Å²) in [6.07, 6.45) is 5.77. The lowest BCUT2D eigenvalue weighted by atomic mass is 10.0. The van der Waals surface area contributed by atoms with E-state index in [0.29, 0.717) is 18.4 Å². The maximum atomic E-state index is 12.1. The van der Waals surface area contributed by atoms with E-state index in [9.17, 15) is 4.79 Å². The third kappa shape index (κ3) is 2.98. The van der Waals surface area contributed by atoms with E-state index in [0.717, 1.165) is 32.1 Å². The molecular formula is C16H22N2O. The molecule has 2 aliphatic rings. The topological polar surface area (TPSA) is 55.1 Å². The van der Waals surface area contributed by atoms with Gasteiger partial charge in [0.2, 0.25) is 5.91 Å². The molecule has 1 saturated carbocycles. The van der Waals surface area contributed by atoms with Gasteiger partial charge in [-0.2, -0.15) is 0 Å². The van der Waals surface area contributed by atoms with Crippen LogP contribution in [0.2, 0.25) is 0 Å². The van der Waals surface area contributed by atoms with Gasteiger partial charge in [0.25, 0.3) is 0 Å². The minimum atomic E-state index is 0.205. The highest BCUT2D eigenvalue weighted by Crippen LogP contribution is 2.28. The first-order valence-electron chi connectivity index (χ1n) is 7.32. The van der Waals surface area contributed by atoms with Gasteiger partial charge in [0.05, 0.1) is 0 Å². The van der Waals surface area contributed by atoms with E-state index in [4.69, 9.17) is 5.73 Å². The van der Waals surface area contributed by atoms with Crippen LogP contribution in [-0.2, 0) is 17.6 Å². The molecule has 102 valence electrons. The lowest BCUT2D eigenvalue weighted by Gasteiger charge is -2.14. The molecule has 19 heavy (non-hydrogen) atoms. The van der Waals surface area contributed by atoms with Crippen molar-refractivity contribution in [1.82, 2.24) is 5.32 Å². The molecule has 0 aromatic heterocycles. The van der Waals surface area contributed by atoms with Crippen molar-refractivity contribution in [2.24, 2.45) is 11.7 Å². The van der Waals surface area contributed by atoms with E-state index in [2.05, 4.69) is 29.6 Å². The summed E-state index contributed by atoms with van der Waals surface area (Å²) in [5.41, 5.74) is 8.71. The Balaban J connectivity index is 1.49. The number of amides is 1. The van der Waals surface area contributed by atoms with Crippen molar-refractivity contribution >= 4 is 5.91 Å². The number of hydrogen-bond acceptors (Lipinski definition) is 2. The second kappa shape index (κ2) is 5.33. The average Bonchev–Trinajstić information content (AvgIpc) is 2.94. The van der Waals surface area contributed by atoms with E-state index >= 15 is 0 Å². The molecule has 0 aliphatic heterocycles. The number of carbonyl (C=O) groups is 1. The van der Waals surface area contributed by atoms with Crippen LogP contribution in [0.4, 0.5) is 0 Å². The van der Waals surface area contributed by atoms with E-state index in [1.807, 2.05) is 0 Å². The Hall–Kier alpha value is -1.35. The standard InChI is InChI=1S/C16H22N2O/c17-14-5-6-15(10-14)18-16(19)9-11-7-12-3-1-2-4-13(12)8-11/h1-4,11,14-15H,5-10,17H2,(H,18,19)/t14-,15+/m0/s1.